The van der Waals surface area contributed by atoms with E-state index in [1.54, 1.807) is 30.3 Å². The van der Waals surface area contributed by atoms with Crippen molar-refractivity contribution in [2.45, 2.75) is 0 Å². The van der Waals surface area contributed by atoms with Gasteiger partial charge in [-0.2, -0.15) is 4.99 Å². The number of carbonyl (C=O) groups is 1. The first-order chi connectivity index (χ1) is 10.0. The summed E-state index contributed by atoms with van der Waals surface area (Å²) < 4.78 is 0. The molecule has 2 rings (SSSR count). The number of hydrogen-bond acceptors (Lipinski definition) is 3. The molecule has 0 spiro atoms. The van der Waals surface area contributed by atoms with Crippen LogP contribution in [0.5, 0.6) is 0 Å². The summed E-state index contributed by atoms with van der Waals surface area (Å²) in [7, 11) is 0. The van der Waals surface area contributed by atoms with Crippen LogP contribution in [0.2, 0.25) is 0 Å². The highest BCUT2D eigenvalue weighted by molar-refractivity contribution is 7.12. The standard InChI is InChI=1S/C13H14N6OS/c14-12(15)19-13(16)18-9-4-1-3-8(7-9)17-11(20)10-5-2-6-21-10/h1-7H,(H,17,20)(H6,14,15,16,18,19). The third-order valence-corrected chi connectivity index (χ3v) is 3.20. The monoisotopic (exact) mass is 302 g/mol. The maximum Gasteiger partial charge on any atom is 0.265 e. The van der Waals surface area contributed by atoms with Crippen LogP contribution in [0, 0.1) is 0 Å². The van der Waals surface area contributed by atoms with Gasteiger partial charge in [0.05, 0.1) is 10.6 Å². The molecule has 2 aromatic rings. The van der Waals surface area contributed by atoms with E-state index < -0.39 is 0 Å². The predicted octanol–water partition coefficient (Wildman–Crippen LogP) is 1.22. The minimum absolute atomic E-state index is 0.0586. The lowest BCUT2D eigenvalue weighted by Gasteiger charge is -2.04. The maximum absolute atomic E-state index is 11.9. The number of guanidine groups is 2. The van der Waals surface area contributed by atoms with Gasteiger partial charge in [0.15, 0.2) is 5.96 Å². The van der Waals surface area contributed by atoms with Gasteiger partial charge in [-0.3, -0.25) is 4.79 Å². The second-order valence-electron chi connectivity index (χ2n) is 3.99. The fraction of sp³-hybridized carbons (Fsp3) is 0. The maximum atomic E-state index is 11.9. The molecule has 0 aliphatic heterocycles. The van der Waals surface area contributed by atoms with Crippen LogP contribution in [-0.2, 0) is 0 Å². The van der Waals surface area contributed by atoms with Crippen LogP contribution < -0.4 is 22.5 Å². The molecule has 0 radical (unpaired) electrons. The van der Waals surface area contributed by atoms with Crippen LogP contribution in [0.25, 0.3) is 0 Å². The van der Waals surface area contributed by atoms with E-state index in [1.165, 1.54) is 11.3 Å². The molecule has 0 unspecified atom stereocenters. The van der Waals surface area contributed by atoms with Gasteiger partial charge in [-0.1, -0.05) is 12.1 Å². The van der Waals surface area contributed by atoms with Crippen LogP contribution in [0.1, 0.15) is 9.67 Å². The molecule has 0 aliphatic carbocycles. The lowest BCUT2D eigenvalue weighted by Crippen LogP contribution is -2.26. The summed E-state index contributed by atoms with van der Waals surface area (Å²) in [5.74, 6) is -0.404. The minimum Gasteiger partial charge on any atom is -0.370 e. The summed E-state index contributed by atoms with van der Waals surface area (Å²) >= 11 is 1.37. The number of nitrogens with two attached hydrogens (primary N) is 3. The van der Waals surface area contributed by atoms with Crippen molar-refractivity contribution in [2.75, 3.05) is 5.32 Å². The van der Waals surface area contributed by atoms with Crippen molar-refractivity contribution in [3.63, 3.8) is 0 Å². The summed E-state index contributed by atoms with van der Waals surface area (Å²) in [6.07, 6.45) is 0. The summed E-state index contributed by atoms with van der Waals surface area (Å²) in [5, 5.41) is 4.61. The van der Waals surface area contributed by atoms with E-state index in [2.05, 4.69) is 15.3 Å². The second kappa shape index (κ2) is 6.53. The topological polar surface area (TPSA) is 132 Å². The fourth-order valence-electron chi connectivity index (χ4n) is 1.54. The molecule has 0 atom stereocenters. The Morgan fingerprint density at radius 2 is 1.95 bits per heavy atom. The van der Waals surface area contributed by atoms with Gasteiger partial charge in [0.2, 0.25) is 5.96 Å². The third kappa shape index (κ3) is 4.32. The van der Waals surface area contributed by atoms with E-state index in [4.69, 9.17) is 17.2 Å². The van der Waals surface area contributed by atoms with Crippen LogP contribution >= 0.6 is 11.3 Å². The van der Waals surface area contributed by atoms with E-state index >= 15 is 0 Å². The summed E-state index contributed by atoms with van der Waals surface area (Å²) in [4.78, 5) is 20.2. The Bertz CT molecular complexity index is 688. The van der Waals surface area contributed by atoms with Gasteiger partial charge in [0, 0.05) is 5.69 Å². The number of thiophene rings is 1. The molecule has 8 heteroatoms. The summed E-state index contributed by atoms with van der Waals surface area (Å²) in [6.45, 7) is 0. The lowest BCUT2D eigenvalue weighted by molar-refractivity contribution is 0.103. The van der Waals surface area contributed by atoms with Crippen molar-refractivity contribution in [1.82, 2.24) is 0 Å². The quantitative estimate of drug-likeness (QED) is 0.501. The molecule has 0 saturated carbocycles. The fourth-order valence-corrected chi connectivity index (χ4v) is 2.16. The van der Waals surface area contributed by atoms with Gasteiger partial charge in [0.1, 0.15) is 0 Å². The molecule has 7 N–H and O–H groups in total. The number of anilines is 1. The number of aliphatic imine (C=N–C) groups is 2. The van der Waals surface area contributed by atoms with E-state index in [0.717, 1.165) is 0 Å². The van der Waals surface area contributed by atoms with Crippen LogP contribution in [0.15, 0.2) is 51.8 Å². The molecule has 0 aliphatic rings. The van der Waals surface area contributed by atoms with Gasteiger partial charge in [-0.15, -0.1) is 11.3 Å². The Kier molecular flexibility index (Phi) is 4.52. The average Bonchev–Trinajstić information content (AvgIpc) is 2.91. The zero-order chi connectivity index (χ0) is 15.2. The van der Waals surface area contributed by atoms with Crippen LogP contribution in [0.4, 0.5) is 11.4 Å². The van der Waals surface area contributed by atoms with Gasteiger partial charge in [-0.25, -0.2) is 4.99 Å². The lowest BCUT2D eigenvalue weighted by atomic mass is 10.2. The van der Waals surface area contributed by atoms with Crippen molar-refractivity contribution in [2.24, 2.45) is 27.2 Å². The Morgan fingerprint density at radius 1 is 1.14 bits per heavy atom. The molecule has 7 nitrogen and oxygen atoms in total. The van der Waals surface area contributed by atoms with Gasteiger partial charge < -0.3 is 22.5 Å². The van der Waals surface area contributed by atoms with Crippen molar-refractivity contribution >= 4 is 40.5 Å². The number of carbonyl (C=O) groups excluding carboxylic acids is 1. The largest absolute Gasteiger partial charge is 0.370 e. The zero-order valence-corrected chi connectivity index (χ0v) is 11.8. The molecule has 1 aromatic heterocycles. The number of amides is 1. The smallest absolute Gasteiger partial charge is 0.265 e. The first-order valence-electron chi connectivity index (χ1n) is 5.93. The molecule has 0 bridgehead atoms. The molecule has 0 fully saturated rings. The van der Waals surface area contributed by atoms with Crippen molar-refractivity contribution in [3.05, 3.63) is 46.7 Å². The molecule has 1 amide bonds. The summed E-state index contributed by atoms with van der Waals surface area (Å²) in [6, 6.07) is 10.4. The first-order valence-corrected chi connectivity index (χ1v) is 6.81. The van der Waals surface area contributed by atoms with Crippen molar-refractivity contribution in [3.8, 4) is 0 Å². The average molecular weight is 302 g/mol. The molecule has 21 heavy (non-hydrogen) atoms. The molecule has 108 valence electrons. The molecule has 1 heterocycles. The first kappa shape index (κ1) is 14.5. The highest BCUT2D eigenvalue weighted by atomic mass is 32.1. The molecular formula is C13H14N6OS. The molecule has 0 saturated heterocycles. The Morgan fingerprint density at radius 3 is 2.62 bits per heavy atom. The van der Waals surface area contributed by atoms with Gasteiger partial charge >= 0.3 is 0 Å². The summed E-state index contributed by atoms with van der Waals surface area (Å²) in [5.41, 5.74) is 17.1. The van der Waals surface area contributed by atoms with Crippen LogP contribution in [-0.4, -0.2) is 17.8 Å². The minimum atomic E-state index is -0.177. The van der Waals surface area contributed by atoms with Crippen LogP contribution in [0.3, 0.4) is 0 Å². The highest BCUT2D eigenvalue weighted by Gasteiger charge is 2.06. The van der Waals surface area contributed by atoms with E-state index in [9.17, 15) is 4.79 Å². The van der Waals surface area contributed by atoms with E-state index in [0.29, 0.717) is 16.3 Å². The number of hydrogen-bond donors (Lipinski definition) is 4. The number of rotatable bonds is 3. The predicted molar refractivity (Wildman–Crippen MR) is 85.8 cm³/mol. The SMILES string of the molecule is NC(N)=NC(N)=Nc1cccc(NC(=O)c2cccs2)c1. The number of nitrogens with zero attached hydrogens (tertiary/aromatic N) is 2. The normalized spacial score (nSPS) is 11.0. The third-order valence-electron chi connectivity index (χ3n) is 2.34. The Labute approximate surface area is 125 Å². The highest BCUT2D eigenvalue weighted by Crippen LogP contribution is 2.19. The number of nitrogens with one attached hydrogen (secondary N) is 1. The Hall–Kier alpha value is -2.87. The van der Waals surface area contributed by atoms with E-state index in [-0.39, 0.29) is 17.8 Å². The van der Waals surface area contributed by atoms with Gasteiger partial charge in [0.25, 0.3) is 5.91 Å². The van der Waals surface area contributed by atoms with Gasteiger partial charge in [-0.05, 0) is 29.6 Å². The van der Waals surface area contributed by atoms with Crippen molar-refractivity contribution in [1.29, 1.82) is 0 Å². The second-order valence-corrected chi connectivity index (χ2v) is 4.94. The molecule has 1 aromatic carbocycles. The molecular weight excluding hydrogens is 288 g/mol. The van der Waals surface area contributed by atoms with Crippen molar-refractivity contribution < 1.29 is 4.79 Å². The Balaban J connectivity index is 2.15. The van der Waals surface area contributed by atoms with E-state index in [1.807, 2.05) is 11.4 Å². The number of benzene rings is 1. The zero-order valence-electron chi connectivity index (χ0n) is 11.0.